The van der Waals surface area contributed by atoms with Crippen molar-refractivity contribution in [3.8, 4) is 0 Å². The van der Waals surface area contributed by atoms with Gasteiger partial charge in [0, 0.05) is 44.1 Å². The first-order valence-corrected chi connectivity index (χ1v) is 7.87. The molecule has 1 radical (unpaired) electrons. The van der Waals surface area contributed by atoms with Crippen molar-refractivity contribution in [1.82, 2.24) is 9.97 Å². The van der Waals surface area contributed by atoms with Crippen LogP contribution in [0, 0.1) is 6.07 Å². The minimum absolute atomic E-state index is 0. The number of aliphatic hydroxyl groups is 1. The van der Waals surface area contributed by atoms with Crippen molar-refractivity contribution >= 4 is 38.4 Å². The number of hydrogen-bond donors (Lipinski definition) is 1. The van der Waals surface area contributed by atoms with Crippen LogP contribution in [0.25, 0.3) is 32.6 Å². The van der Waals surface area contributed by atoms with Crippen LogP contribution in [0.5, 0.6) is 0 Å². The molecule has 1 N–H and O–H groups in total. The largest absolute Gasteiger partial charge is 0.512 e. The van der Waals surface area contributed by atoms with E-state index in [1.165, 1.54) is 30.7 Å². The van der Waals surface area contributed by atoms with Gasteiger partial charge in [0.1, 0.15) is 0 Å². The van der Waals surface area contributed by atoms with Crippen LogP contribution in [-0.4, -0.2) is 20.9 Å². The Balaban J connectivity index is 0.000000265. The van der Waals surface area contributed by atoms with Crippen molar-refractivity contribution in [2.45, 2.75) is 13.8 Å². The first kappa shape index (κ1) is 19.7. The number of rotatable bonds is 1. The Morgan fingerprint density at radius 3 is 2.19 bits per heavy atom. The zero-order chi connectivity index (χ0) is 17.8. The fourth-order valence-corrected chi connectivity index (χ4v) is 2.79. The second-order valence-corrected chi connectivity index (χ2v) is 5.65. The van der Waals surface area contributed by atoms with Crippen LogP contribution in [0.3, 0.4) is 0 Å². The number of fused-ring (bicyclic) bond motifs is 6. The number of ketones is 1. The van der Waals surface area contributed by atoms with Gasteiger partial charge >= 0.3 is 0 Å². The molecule has 0 saturated carbocycles. The summed E-state index contributed by atoms with van der Waals surface area (Å²) in [6, 6.07) is 17.6. The quantitative estimate of drug-likeness (QED) is 0.170. The van der Waals surface area contributed by atoms with Gasteiger partial charge in [-0.3, -0.25) is 9.78 Å². The Morgan fingerprint density at radius 2 is 1.58 bits per heavy atom. The summed E-state index contributed by atoms with van der Waals surface area (Å²) in [5, 5.41) is 12.9. The van der Waals surface area contributed by atoms with Crippen LogP contribution in [0.2, 0.25) is 0 Å². The van der Waals surface area contributed by atoms with Crippen molar-refractivity contribution in [2.75, 3.05) is 0 Å². The van der Waals surface area contributed by atoms with Gasteiger partial charge in [-0.2, -0.15) is 0 Å². The topological polar surface area (TPSA) is 63.1 Å². The van der Waals surface area contributed by atoms with Crippen LogP contribution in [0.4, 0.5) is 0 Å². The normalized spacial score (nSPS) is 10.9. The second kappa shape index (κ2) is 8.65. The Hall–Kier alpha value is -2.62. The molecule has 4 aromatic rings. The third-order valence-electron chi connectivity index (χ3n) is 3.68. The minimum Gasteiger partial charge on any atom is -0.512 e. The predicted octanol–water partition coefficient (Wildman–Crippen LogP) is 4.77. The number of carbonyl (C=O) groups excluding carboxylic acids is 1. The number of carbonyl (C=O) groups is 1. The van der Waals surface area contributed by atoms with Gasteiger partial charge in [-0.15, -0.1) is 29.7 Å². The molecule has 0 saturated heterocycles. The first-order valence-electron chi connectivity index (χ1n) is 7.87. The van der Waals surface area contributed by atoms with Crippen molar-refractivity contribution in [3.63, 3.8) is 0 Å². The molecule has 0 aliphatic heterocycles. The van der Waals surface area contributed by atoms with E-state index in [1.54, 1.807) is 12.4 Å². The number of hydrogen-bond acceptors (Lipinski definition) is 4. The molecule has 0 aliphatic rings. The molecule has 0 amide bonds. The fraction of sp³-hybridized carbons (Fsp3) is 0.0952. The van der Waals surface area contributed by atoms with Crippen molar-refractivity contribution in [1.29, 1.82) is 0 Å². The third-order valence-corrected chi connectivity index (χ3v) is 3.68. The van der Waals surface area contributed by atoms with E-state index in [2.05, 4.69) is 40.3 Å². The number of nitrogens with zero attached hydrogens (tertiary/aromatic N) is 2. The van der Waals surface area contributed by atoms with Gasteiger partial charge < -0.3 is 10.1 Å². The molecular weight excluding hydrogens is 504 g/mol. The summed E-state index contributed by atoms with van der Waals surface area (Å²) in [5.74, 6) is -0.0625. The average molecular weight is 522 g/mol. The summed E-state index contributed by atoms with van der Waals surface area (Å²) in [6.45, 7) is 2.85. The Bertz CT molecular complexity index is 882. The van der Waals surface area contributed by atoms with Crippen LogP contribution in [0.15, 0.2) is 66.7 Å². The zero-order valence-electron chi connectivity index (χ0n) is 14.4. The van der Waals surface area contributed by atoms with Gasteiger partial charge in [0.2, 0.25) is 0 Å². The number of aliphatic hydroxyl groups excluding tert-OH is 1. The zero-order valence-corrected chi connectivity index (χ0v) is 16.8. The molecule has 26 heavy (non-hydrogen) atoms. The van der Waals surface area contributed by atoms with Crippen LogP contribution >= 0.6 is 0 Å². The molecule has 4 rings (SSSR count). The fourth-order valence-electron chi connectivity index (χ4n) is 2.79. The summed E-state index contributed by atoms with van der Waals surface area (Å²) in [4.78, 5) is 19.0. The smallest absolute Gasteiger partial charge is 0.155 e. The average Bonchev–Trinajstić information content (AvgIpc) is 2.61. The van der Waals surface area contributed by atoms with Gasteiger partial charge in [0.15, 0.2) is 5.78 Å². The monoisotopic (exact) mass is 522 g/mol. The van der Waals surface area contributed by atoms with Crippen LogP contribution in [-0.2, 0) is 24.9 Å². The molecule has 0 fully saturated rings. The number of allylic oxidation sites excluding steroid dienone is 2. The van der Waals surface area contributed by atoms with E-state index in [1.807, 2.05) is 18.2 Å². The SMILES string of the molecule is CC(=O)/C=C(/C)O.[Ir].[c-]1cccc2c1c1nccnc1c1ccccc21. The van der Waals surface area contributed by atoms with E-state index in [-0.39, 0.29) is 31.6 Å². The van der Waals surface area contributed by atoms with E-state index in [0.29, 0.717) is 0 Å². The molecule has 0 bridgehead atoms. The van der Waals surface area contributed by atoms with Crippen molar-refractivity contribution in [2.24, 2.45) is 0 Å². The van der Waals surface area contributed by atoms with E-state index in [4.69, 9.17) is 5.11 Å². The maximum Gasteiger partial charge on any atom is 0.155 e. The van der Waals surface area contributed by atoms with Gasteiger partial charge in [0.25, 0.3) is 0 Å². The van der Waals surface area contributed by atoms with E-state index in [0.717, 1.165) is 21.8 Å². The molecular formula is C21H17IrN2O2-. The summed E-state index contributed by atoms with van der Waals surface area (Å²) in [6.07, 6.45) is 4.64. The molecule has 5 heteroatoms. The molecule has 0 atom stereocenters. The summed E-state index contributed by atoms with van der Waals surface area (Å²) >= 11 is 0. The van der Waals surface area contributed by atoms with Gasteiger partial charge in [-0.1, -0.05) is 35.0 Å². The molecule has 0 unspecified atom stereocenters. The van der Waals surface area contributed by atoms with Crippen LogP contribution < -0.4 is 0 Å². The Labute approximate surface area is 164 Å². The molecule has 1 heterocycles. The van der Waals surface area contributed by atoms with E-state index >= 15 is 0 Å². The van der Waals surface area contributed by atoms with Crippen LogP contribution in [0.1, 0.15) is 13.8 Å². The minimum atomic E-state index is -0.125. The number of aromatic nitrogens is 2. The second-order valence-electron chi connectivity index (χ2n) is 5.65. The molecule has 3 aromatic carbocycles. The van der Waals surface area contributed by atoms with Crippen molar-refractivity contribution in [3.05, 3.63) is 72.8 Å². The summed E-state index contributed by atoms with van der Waals surface area (Å²) in [7, 11) is 0. The van der Waals surface area contributed by atoms with Gasteiger partial charge in [0.05, 0.1) is 11.3 Å². The predicted molar refractivity (Wildman–Crippen MR) is 100 cm³/mol. The third kappa shape index (κ3) is 4.13. The maximum atomic E-state index is 10.0. The molecule has 0 spiro atoms. The summed E-state index contributed by atoms with van der Waals surface area (Å²) in [5.41, 5.74) is 1.87. The summed E-state index contributed by atoms with van der Waals surface area (Å²) < 4.78 is 0. The molecule has 1 aromatic heterocycles. The first-order chi connectivity index (χ1) is 12.1. The number of benzene rings is 3. The maximum absolute atomic E-state index is 10.0. The van der Waals surface area contributed by atoms with Gasteiger partial charge in [-0.05, 0) is 19.2 Å². The standard InChI is InChI=1S/C16H9N2.C5H8O2.Ir/c1-3-7-13-11(5-1)12-6-2-4-8-14(12)16-15(13)17-9-10-18-16;1-4(6)3-5(2)7;/h1-7,9-10H;3,6H,1-2H3;/q-1;;/b;4-3-;. The Morgan fingerprint density at radius 1 is 0.962 bits per heavy atom. The van der Waals surface area contributed by atoms with E-state index in [9.17, 15) is 4.79 Å². The van der Waals surface area contributed by atoms with Gasteiger partial charge in [-0.25, -0.2) is 0 Å². The Kier molecular flexibility index (Phi) is 6.56. The molecule has 4 nitrogen and oxygen atoms in total. The molecule has 133 valence electrons. The van der Waals surface area contributed by atoms with E-state index < -0.39 is 0 Å². The van der Waals surface area contributed by atoms with Crippen molar-refractivity contribution < 1.29 is 30.0 Å². The molecule has 0 aliphatic carbocycles.